The van der Waals surface area contributed by atoms with Crippen LogP contribution in [0.2, 0.25) is 5.02 Å². The summed E-state index contributed by atoms with van der Waals surface area (Å²) in [5.41, 5.74) is 5.90. The molecule has 0 heterocycles. The molecule has 0 saturated heterocycles. The quantitative estimate of drug-likeness (QED) is 0.802. The Morgan fingerprint density at radius 3 is 2.33 bits per heavy atom. The summed E-state index contributed by atoms with van der Waals surface area (Å²) >= 11 is 8.82. The van der Waals surface area contributed by atoms with E-state index in [1.807, 2.05) is 0 Å². The standard InChI is InChI=1S/C8H7BrClNO/c9-7(8(11)12)5-1-3-6(10)4-2-5/h1-4,7H,(H2,11,12). The third kappa shape index (κ3) is 2.22. The topological polar surface area (TPSA) is 43.1 Å². The molecule has 64 valence electrons. The van der Waals surface area contributed by atoms with Gasteiger partial charge >= 0.3 is 0 Å². The van der Waals surface area contributed by atoms with Crippen molar-refractivity contribution in [2.75, 3.05) is 0 Å². The van der Waals surface area contributed by atoms with Gasteiger partial charge in [0.15, 0.2) is 0 Å². The summed E-state index contributed by atoms with van der Waals surface area (Å²) in [7, 11) is 0. The molecule has 0 saturated carbocycles. The minimum Gasteiger partial charge on any atom is -0.368 e. The van der Waals surface area contributed by atoms with Crippen LogP contribution < -0.4 is 5.73 Å². The predicted octanol–water partition coefficient (Wildman–Crippen LogP) is 2.26. The summed E-state index contributed by atoms with van der Waals surface area (Å²) < 4.78 is 0. The lowest BCUT2D eigenvalue weighted by Gasteiger charge is -2.04. The molecule has 0 spiro atoms. The van der Waals surface area contributed by atoms with Crippen LogP contribution in [0.4, 0.5) is 0 Å². The maximum absolute atomic E-state index is 10.7. The minimum absolute atomic E-state index is 0.405. The molecule has 0 radical (unpaired) electrons. The monoisotopic (exact) mass is 247 g/mol. The average Bonchev–Trinajstić information content (AvgIpc) is 2.04. The Bertz CT molecular complexity index is 286. The number of amides is 1. The molecule has 1 rings (SSSR count). The van der Waals surface area contributed by atoms with Gasteiger partial charge in [0.2, 0.25) is 5.91 Å². The molecule has 1 aromatic rings. The van der Waals surface area contributed by atoms with Gasteiger partial charge < -0.3 is 5.73 Å². The van der Waals surface area contributed by atoms with Crippen LogP contribution in [0.5, 0.6) is 0 Å². The van der Waals surface area contributed by atoms with Gasteiger partial charge in [-0.2, -0.15) is 0 Å². The minimum atomic E-state index is -0.435. The van der Waals surface area contributed by atoms with Crippen molar-refractivity contribution in [1.29, 1.82) is 0 Å². The van der Waals surface area contributed by atoms with Crippen molar-refractivity contribution >= 4 is 33.4 Å². The Morgan fingerprint density at radius 1 is 1.42 bits per heavy atom. The van der Waals surface area contributed by atoms with Crippen LogP contribution in [-0.2, 0) is 4.79 Å². The number of primary amides is 1. The largest absolute Gasteiger partial charge is 0.368 e. The first-order valence-corrected chi connectivity index (χ1v) is 4.59. The number of rotatable bonds is 2. The van der Waals surface area contributed by atoms with Crippen molar-refractivity contribution in [1.82, 2.24) is 0 Å². The third-order valence-corrected chi connectivity index (χ3v) is 2.64. The molecule has 1 unspecified atom stereocenters. The van der Waals surface area contributed by atoms with Crippen molar-refractivity contribution in [2.45, 2.75) is 4.83 Å². The second kappa shape index (κ2) is 3.92. The second-order valence-corrected chi connectivity index (χ2v) is 3.67. The highest BCUT2D eigenvalue weighted by atomic mass is 79.9. The first-order chi connectivity index (χ1) is 5.61. The average molecular weight is 249 g/mol. The number of hydrogen-bond acceptors (Lipinski definition) is 1. The van der Waals surface area contributed by atoms with E-state index in [1.165, 1.54) is 0 Å². The fourth-order valence-electron chi connectivity index (χ4n) is 0.796. The molecule has 0 aliphatic carbocycles. The number of carbonyl (C=O) groups excluding carboxylic acids is 1. The van der Waals surface area contributed by atoms with Crippen LogP contribution in [0, 0.1) is 0 Å². The molecular weight excluding hydrogens is 241 g/mol. The molecule has 2 N–H and O–H groups in total. The zero-order valence-electron chi connectivity index (χ0n) is 6.13. The van der Waals surface area contributed by atoms with Crippen molar-refractivity contribution < 1.29 is 4.79 Å². The Hall–Kier alpha value is -0.540. The van der Waals surface area contributed by atoms with E-state index in [1.54, 1.807) is 24.3 Å². The summed E-state index contributed by atoms with van der Waals surface area (Å²) in [6, 6.07) is 6.95. The lowest BCUT2D eigenvalue weighted by molar-refractivity contribution is -0.117. The number of benzene rings is 1. The van der Waals surface area contributed by atoms with Crippen LogP contribution in [0.1, 0.15) is 10.4 Å². The van der Waals surface area contributed by atoms with E-state index in [9.17, 15) is 4.79 Å². The summed E-state index contributed by atoms with van der Waals surface area (Å²) in [5.74, 6) is -0.405. The molecule has 0 aliphatic rings. The lowest BCUT2D eigenvalue weighted by Crippen LogP contribution is -2.16. The molecule has 1 atom stereocenters. The van der Waals surface area contributed by atoms with Crippen LogP contribution >= 0.6 is 27.5 Å². The van der Waals surface area contributed by atoms with E-state index in [0.717, 1.165) is 5.56 Å². The molecule has 0 aromatic heterocycles. The van der Waals surface area contributed by atoms with E-state index in [4.69, 9.17) is 17.3 Å². The first kappa shape index (κ1) is 9.55. The van der Waals surface area contributed by atoms with Crippen LogP contribution in [0.25, 0.3) is 0 Å². The highest BCUT2D eigenvalue weighted by molar-refractivity contribution is 9.09. The number of hydrogen-bond donors (Lipinski definition) is 1. The Morgan fingerprint density at radius 2 is 1.92 bits per heavy atom. The van der Waals surface area contributed by atoms with Gasteiger partial charge in [0.1, 0.15) is 4.83 Å². The fourth-order valence-corrected chi connectivity index (χ4v) is 1.23. The van der Waals surface area contributed by atoms with Gasteiger partial charge in [0.05, 0.1) is 0 Å². The van der Waals surface area contributed by atoms with E-state index >= 15 is 0 Å². The van der Waals surface area contributed by atoms with E-state index in [-0.39, 0.29) is 0 Å². The Labute approximate surface area is 83.8 Å². The summed E-state index contributed by atoms with van der Waals surface area (Å²) in [6.07, 6.45) is 0. The van der Waals surface area contributed by atoms with Gasteiger partial charge in [-0.15, -0.1) is 0 Å². The van der Waals surface area contributed by atoms with Crippen molar-refractivity contribution in [2.24, 2.45) is 5.73 Å². The fraction of sp³-hybridized carbons (Fsp3) is 0.125. The van der Waals surface area contributed by atoms with Crippen LogP contribution in [-0.4, -0.2) is 5.91 Å². The van der Waals surface area contributed by atoms with Gasteiger partial charge in [-0.3, -0.25) is 4.79 Å². The van der Waals surface area contributed by atoms with Gasteiger partial charge in [0.25, 0.3) is 0 Å². The number of halogens is 2. The molecule has 12 heavy (non-hydrogen) atoms. The van der Waals surface area contributed by atoms with Gasteiger partial charge in [-0.1, -0.05) is 39.7 Å². The Kier molecular flexibility index (Phi) is 3.12. The number of carbonyl (C=O) groups is 1. The number of nitrogens with two attached hydrogens (primary N) is 1. The maximum Gasteiger partial charge on any atom is 0.235 e. The van der Waals surface area contributed by atoms with Crippen LogP contribution in [0.15, 0.2) is 24.3 Å². The van der Waals surface area contributed by atoms with Crippen molar-refractivity contribution in [3.05, 3.63) is 34.9 Å². The zero-order valence-corrected chi connectivity index (χ0v) is 8.47. The summed E-state index contributed by atoms with van der Waals surface area (Å²) in [4.78, 5) is 10.3. The highest BCUT2D eigenvalue weighted by Crippen LogP contribution is 2.23. The van der Waals surface area contributed by atoms with Crippen LogP contribution in [0.3, 0.4) is 0 Å². The third-order valence-electron chi connectivity index (χ3n) is 1.41. The van der Waals surface area contributed by atoms with Gasteiger partial charge in [0, 0.05) is 5.02 Å². The highest BCUT2D eigenvalue weighted by Gasteiger charge is 2.12. The van der Waals surface area contributed by atoms with Gasteiger partial charge in [-0.05, 0) is 17.7 Å². The normalized spacial score (nSPS) is 12.5. The zero-order chi connectivity index (χ0) is 9.14. The molecule has 1 aromatic carbocycles. The maximum atomic E-state index is 10.7. The van der Waals surface area contributed by atoms with Crippen molar-refractivity contribution in [3.8, 4) is 0 Å². The SMILES string of the molecule is NC(=O)C(Br)c1ccc(Cl)cc1. The molecule has 2 nitrogen and oxygen atoms in total. The molecule has 1 amide bonds. The second-order valence-electron chi connectivity index (χ2n) is 2.32. The lowest BCUT2D eigenvalue weighted by atomic mass is 10.1. The van der Waals surface area contributed by atoms with Crippen molar-refractivity contribution in [3.63, 3.8) is 0 Å². The smallest absolute Gasteiger partial charge is 0.235 e. The number of alkyl halides is 1. The molecule has 0 fully saturated rings. The van der Waals surface area contributed by atoms with E-state index in [2.05, 4.69) is 15.9 Å². The van der Waals surface area contributed by atoms with Gasteiger partial charge in [-0.25, -0.2) is 0 Å². The predicted molar refractivity (Wildman–Crippen MR) is 52.3 cm³/mol. The summed E-state index contributed by atoms with van der Waals surface area (Å²) in [5, 5.41) is 0.642. The summed E-state index contributed by atoms with van der Waals surface area (Å²) in [6.45, 7) is 0. The van der Waals surface area contributed by atoms with E-state index in [0.29, 0.717) is 5.02 Å². The molecule has 4 heteroatoms. The molecular formula is C8H7BrClNO. The molecule has 0 aliphatic heterocycles. The van der Waals surface area contributed by atoms with E-state index < -0.39 is 10.7 Å². The first-order valence-electron chi connectivity index (χ1n) is 3.30. The Balaban J connectivity index is 2.89. The molecule has 0 bridgehead atoms.